The van der Waals surface area contributed by atoms with Crippen LogP contribution >= 0.6 is 15.9 Å². The molecule has 2 aromatic rings. The smallest absolute Gasteiger partial charge is 0.170 e. The van der Waals surface area contributed by atoms with Crippen LogP contribution in [0.1, 0.15) is 44.9 Å². The van der Waals surface area contributed by atoms with Gasteiger partial charge in [0.2, 0.25) is 0 Å². The first-order valence-electron chi connectivity index (χ1n) is 7.81. The van der Waals surface area contributed by atoms with Crippen LogP contribution in [0, 0.1) is 12.8 Å². The zero-order valence-electron chi connectivity index (χ0n) is 13.8. The van der Waals surface area contributed by atoms with Crippen molar-refractivity contribution in [2.75, 3.05) is 0 Å². The number of halogens is 1. The van der Waals surface area contributed by atoms with E-state index in [4.69, 9.17) is 4.52 Å². The normalized spacial score (nSPS) is 12.2. The Labute approximate surface area is 141 Å². The first kappa shape index (κ1) is 17.0. The van der Waals surface area contributed by atoms with Crippen LogP contribution in [0.5, 0.6) is 0 Å². The van der Waals surface area contributed by atoms with Crippen molar-refractivity contribution in [1.82, 2.24) is 5.16 Å². The average molecular weight is 362 g/mol. The Kier molecular flexibility index (Phi) is 6.01. The molecule has 1 atom stereocenters. The summed E-state index contributed by atoms with van der Waals surface area (Å²) in [5, 5.41) is 4.18. The molecule has 1 heterocycles. The lowest BCUT2D eigenvalue weighted by molar-refractivity contribution is 0.426. The van der Waals surface area contributed by atoms with Crippen LogP contribution in [0.2, 0.25) is 0 Å². The topological polar surface area (TPSA) is 26.0 Å². The Bertz CT molecular complexity index is 636. The number of aromatic nitrogens is 1. The van der Waals surface area contributed by atoms with Gasteiger partial charge in [-0.1, -0.05) is 51.8 Å². The highest BCUT2D eigenvalue weighted by Gasteiger charge is 2.17. The molecular weight excluding hydrogens is 338 g/mol. The van der Waals surface area contributed by atoms with Gasteiger partial charge in [-0.2, -0.15) is 0 Å². The third-order valence-corrected chi connectivity index (χ3v) is 4.38. The van der Waals surface area contributed by atoms with Crippen LogP contribution in [0.15, 0.2) is 44.9 Å². The molecule has 118 valence electrons. The molecule has 0 aliphatic rings. The second-order valence-corrected chi connectivity index (χ2v) is 7.17. The molecule has 1 unspecified atom stereocenters. The number of hydrogen-bond acceptors (Lipinski definition) is 2. The molecule has 1 aromatic carbocycles. The zero-order valence-corrected chi connectivity index (χ0v) is 15.4. The fourth-order valence-electron chi connectivity index (χ4n) is 2.56. The lowest BCUT2D eigenvalue weighted by Crippen LogP contribution is -2.01. The van der Waals surface area contributed by atoms with Crippen molar-refractivity contribution < 1.29 is 4.52 Å². The first-order valence-corrected chi connectivity index (χ1v) is 8.61. The second kappa shape index (κ2) is 7.77. The highest BCUT2D eigenvalue weighted by molar-refractivity contribution is 9.10. The standard InChI is InChI=1S/C19H24BrNO/c1-13(2)6-5-7-14(3)12-18-15(4)21-22-19(18)16-8-10-17(20)11-9-16/h6,8-11,14H,5,7,12H2,1-4H3. The van der Waals surface area contributed by atoms with Crippen LogP contribution < -0.4 is 0 Å². The molecule has 0 spiro atoms. The van der Waals surface area contributed by atoms with Gasteiger partial charge in [-0.15, -0.1) is 0 Å². The average Bonchev–Trinajstić information content (AvgIpc) is 2.81. The van der Waals surface area contributed by atoms with Crippen molar-refractivity contribution in [3.63, 3.8) is 0 Å². The minimum Gasteiger partial charge on any atom is -0.356 e. The Balaban J connectivity index is 2.12. The number of benzene rings is 1. The molecule has 2 nitrogen and oxygen atoms in total. The van der Waals surface area contributed by atoms with Gasteiger partial charge in [-0.25, -0.2) is 0 Å². The molecule has 0 saturated carbocycles. The highest BCUT2D eigenvalue weighted by Crippen LogP contribution is 2.30. The fraction of sp³-hybridized carbons (Fsp3) is 0.421. The molecule has 0 N–H and O–H groups in total. The van der Waals surface area contributed by atoms with E-state index >= 15 is 0 Å². The van der Waals surface area contributed by atoms with Gasteiger partial charge in [0.1, 0.15) is 0 Å². The number of rotatable bonds is 6. The van der Waals surface area contributed by atoms with E-state index < -0.39 is 0 Å². The lowest BCUT2D eigenvalue weighted by atomic mass is 9.93. The maximum Gasteiger partial charge on any atom is 0.170 e. The molecular formula is C19H24BrNO. The van der Waals surface area contributed by atoms with E-state index in [0.717, 1.165) is 34.3 Å². The minimum atomic E-state index is 0.614. The third kappa shape index (κ3) is 4.57. The van der Waals surface area contributed by atoms with Gasteiger partial charge in [-0.05, 0) is 58.1 Å². The van der Waals surface area contributed by atoms with Crippen molar-refractivity contribution in [3.05, 3.63) is 51.6 Å². The van der Waals surface area contributed by atoms with Crippen molar-refractivity contribution in [3.8, 4) is 11.3 Å². The largest absolute Gasteiger partial charge is 0.356 e. The van der Waals surface area contributed by atoms with Crippen LogP contribution in [0.4, 0.5) is 0 Å². The maximum absolute atomic E-state index is 5.59. The van der Waals surface area contributed by atoms with Crippen molar-refractivity contribution >= 4 is 15.9 Å². The Morgan fingerprint density at radius 3 is 2.59 bits per heavy atom. The van der Waals surface area contributed by atoms with Crippen molar-refractivity contribution in [2.45, 2.75) is 47.0 Å². The summed E-state index contributed by atoms with van der Waals surface area (Å²) < 4.78 is 6.66. The summed E-state index contributed by atoms with van der Waals surface area (Å²) in [6, 6.07) is 8.22. The van der Waals surface area contributed by atoms with Gasteiger partial charge in [0.05, 0.1) is 5.69 Å². The van der Waals surface area contributed by atoms with Crippen molar-refractivity contribution in [2.24, 2.45) is 5.92 Å². The van der Waals surface area contributed by atoms with Crippen LogP contribution in [0.25, 0.3) is 11.3 Å². The number of aryl methyl sites for hydroxylation is 1. The molecule has 22 heavy (non-hydrogen) atoms. The summed E-state index contributed by atoms with van der Waals surface area (Å²) in [5.41, 5.74) is 4.73. The van der Waals surface area contributed by atoms with Crippen molar-refractivity contribution in [1.29, 1.82) is 0 Å². The predicted octanol–water partition coefficient (Wildman–Crippen LogP) is 6.34. The summed E-state index contributed by atoms with van der Waals surface area (Å²) in [7, 11) is 0. The molecule has 0 radical (unpaired) electrons. The molecule has 1 aromatic heterocycles. The monoisotopic (exact) mass is 361 g/mol. The summed E-state index contributed by atoms with van der Waals surface area (Å²) in [5.74, 6) is 1.53. The molecule has 0 aliphatic heterocycles. The Morgan fingerprint density at radius 2 is 1.95 bits per heavy atom. The summed E-state index contributed by atoms with van der Waals surface area (Å²) in [6.07, 6.45) is 5.65. The Hall–Kier alpha value is -1.35. The van der Waals surface area contributed by atoms with Gasteiger partial charge in [0.15, 0.2) is 5.76 Å². The summed E-state index contributed by atoms with van der Waals surface area (Å²) in [6.45, 7) is 8.64. The van der Waals surface area contributed by atoms with E-state index in [0.29, 0.717) is 5.92 Å². The number of nitrogens with zero attached hydrogens (tertiary/aromatic N) is 1. The van der Waals surface area contributed by atoms with Crippen LogP contribution in [-0.2, 0) is 6.42 Å². The van der Waals surface area contributed by atoms with Gasteiger partial charge >= 0.3 is 0 Å². The molecule has 0 saturated heterocycles. The zero-order chi connectivity index (χ0) is 16.1. The van der Waals surface area contributed by atoms with E-state index in [-0.39, 0.29) is 0 Å². The molecule has 0 bridgehead atoms. The lowest BCUT2D eigenvalue weighted by Gasteiger charge is -2.10. The SMILES string of the molecule is CC(C)=CCCC(C)Cc1c(C)noc1-c1ccc(Br)cc1. The van der Waals surface area contributed by atoms with Gasteiger partial charge in [-0.3, -0.25) is 0 Å². The maximum atomic E-state index is 5.59. The van der Waals surface area contributed by atoms with Crippen LogP contribution in [0.3, 0.4) is 0 Å². The van der Waals surface area contributed by atoms with E-state index in [1.165, 1.54) is 17.6 Å². The molecule has 0 aliphatic carbocycles. The van der Waals surface area contributed by atoms with E-state index in [2.05, 4.69) is 60.1 Å². The van der Waals surface area contributed by atoms with Gasteiger partial charge < -0.3 is 4.52 Å². The van der Waals surface area contributed by atoms with Gasteiger partial charge in [0.25, 0.3) is 0 Å². The number of hydrogen-bond donors (Lipinski definition) is 0. The number of allylic oxidation sites excluding steroid dienone is 2. The second-order valence-electron chi connectivity index (χ2n) is 6.25. The third-order valence-electron chi connectivity index (χ3n) is 3.86. The van der Waals surface area contributed by atoms with E-state index in [9.17, 15) is 0 Å². The summed E-state index contributed by atoms with van der Waals surface area (Å²) in [4.78, 5) is 0. The first-order chi connectivity index (χ1) is 10.5. The van der Waals surface area contributed by atoms with Crippen LogP contribution in [-0.4, -0.2) is 5.16 Å². The predicted molar refractivity (Wildman–Crippen MR) is 95.9 cm³/mol. The minimum absolute atomic E-state index is 0.614. The van der Waals surface area contributed by atoms with E-state index in [1.54, 1.807) is 0 Å². The summed E-state index contributed by atoms with van der Waals surface area (Å²) >= 11 is 3.47. The highest BCUT2D eigenvalue weighted by atomic mass is 79.9. The Morgan fingerprint density at radius 1 is 1.27 bits per heavy atom. The molecule has 0 fully saturated rings. The van der Waals surface area contributed by atoms with E-state index in [1.807, 2.05) is 19.1 Å². The molecule has 3 heteroatoms. The molecule has 2 rings (SSSR count). The molecule has 0 amide bonds. The quantitative estimate of drug-likeness (QED) is 0.561. The fourth-order valence-corrected chi connectivity index (χ4v) is 2.83. The van der Waals surface area contributed by atoms with Gasteiger partial charge in [0, 0.05) is 15.6 Å².